The Morgan fingerprint density at radius 1 is 1.38 bits per heavy atom. The van der Waals surface area contributed by atoms with E-state index in [2.05, 4.69) is 11.9 Å². The molecule has 0 aromatic heterocycles. The summed E-state index contributed by atoms with van der Waals surface area (Å²) in [4.78, 5) is 4.11. The smallest absolute Gasteiger partial charge is 0.0641 e. The first-order valence-corrected chi connectivity index (χ1v) is 4.26. The minimum absolute atomic E-state index is 0.488. The molecule has 0 radical (unpaired) electrons. The van der Waals surface area contributed by atoms with Crippen molar-refractivity contribution in [1.29, 1.82) is 5.26 Å². The van der Waals surface area contributed by atoms with Gasteiger partial charge in [0.2, 0.25) is 0 Å². The first-order chi connectivity index (χ1) is 6.33. The summed E-state index contributed by atoms with van der Waals surface area (Å²) in [5.74, 6) is 0. The highest BCUT2D eigenvalue weighted by atomic mass is 14.7. The highest BCUT2D eigenvalue weighted by molar-refractivity contribution is 5.79. The van der Waals surface area contributed by atoms with E-state index in [0.29, 0.717) is 13.0 Å². The number of benzene rings is 1. The Morgan fingerprint density at radius 3 is 2.69 bits per heavy atom. The van der Waals surface area contributed by atoms with Crippen LogP contribution in [-0.2, 0) is 0 Å². The number of rotatable bonds is 3. The molecule has 0 aliphatic heterocycles. The van der Waals surface area contributed by atoms with Crippen molar-refractivity contribution in [3.63, 3.8) is 0 Å². The fourth-order valence-corrected chi connectivity index (χ4v) is 0.937. The molecular weight excluding hydrogens is 160 g/mol. The lowest BCUT2D eigenvalue weighted by atomic mass is 10.2. The Hall–Kier alpha value is -1.62. The molecule has 0 amide bonds. The molecule has 0 bridgehead atoms. The fourth-order valence-electron chi connectivity index (χ4n) is 0.937. The van der Waals surface area contributed by atoms with Crippen LogP contribution in [0.5, 0.6) is 0 Å². The van der Waals surface area contributed by atoms with Crippen molar-refractivity contribution in [1.82, 2.24) is 0 Å². The second-order valence-electron chi connectivity index (χ2n) is 2.85. The quantitative estimate of drug-likeness (QED) is 0.509. The van der Waals surface area contributed by atoms with E-state index in [1.165, 1.54) is 5.56 Å². The molecule has 0 aliphatic carbocycles. The van der Waals surface area contributed by atoms with Gasteiger partial charge >= 0.3 is 0 Å². The van der Waals surface area contributed by atoms with Gasteiger partial charge < -0.3 is 0 Å². The Kier molecular flexibility index (Phi) is 3.72. The molecular formula is C11H12N2. The third kappa shape index (κ3) is 3.53. The predicted octanol–water partition coefficient (Wildman–Crippen LogP) is 2.33. The number of hydrogen-bond acceptors (Lipinski definition) is 2. The van der Waals surface area contributed by atoms with Crippen LogP contribution in [0.4, 0.5) is 0 Å². The minimum atomic E-state index is 0.488. The van der Waals surface area contributed by atoms with Crippen LogP contribution >= 0.6 is 0 Å². The van der Waals surface area contributed by atoms with Gasteiger partial charge in [-0.25, -0.2) is 0 Å². The van der Waals surface area contributed by atoms with Gasteiger partial charge in [0.25, 0.3) is 0 Å². The van der Waals surface area contributed by atoms with Crippen molar-refractivity contribution in [2.75, 3.05) is 6.54 Å². The first-order valence-electron chi connectivity index (χ1n) is 4.26. The van der Waals surface area contributed by atoms with Gasteiger partial charge in [0.1, 0.15) is 0 Å². The summed E-state index contributed by atoms with van der Waals surface area (Å²) < 4.78 is 0. The summed E-state index contributed by atoms with van der Waals surface area (Å²) in [6.07, 6.45) is 2.29. The third-order valence-corrected chi connectivity index (χ3v) is 1.67. The van der Waals surface area contributed by atoms with Gasteiger partial charge in [0.15, 0.2) is 0 Å². The van der Waals surface area contributed by atoms with Gasteiger partial charge in [0, 0.05) is 6.21 Å². The zero-order valence-electron chi connectivity index (χ0n) is 7.70. The summed E-state index contributed by atoms with van der Waals surface area (Å²) >= 11 is 0. The maximum Gasteiger partial charge on any atom is 0.0641 e. The zero-order valence-corrected chi connectivity index (χ0v) is 7.70. The molecule has 0 spiro atoms. The first kappa shape index (κ1) is 9.47. The van der Waals surface area contributed by atoms with Crippen molar-refractivity contribution >= 4 is 6.21 Å². The second-order valence-corrected chi connectivity index (χ2v) is 2.85. The minimum Gasteiger partial charge on any atom is -0.291 e. The molecule has 0 N–H and O–H groups in total. The maximum atomic E-state index is 8.28. The largest absolute Gasteiger partial charge is 0.291 e. The van der Waals surface area contributed by atoms with E-state index in [1.54, 1.807) is 6.21 Å². The fraction of sp³-hybridized carbons (Fsp3) is 0.273. The number of aryl methyl sites for hydroxylation is 1. The normalized spacial score (nSPS) is 10.2. The lowest BCUT2D eigenvalue weighted by Gasteiger charge is -1.93. The number of aliphatic imine (C=N–C) groups is 1. The molecule has 2 nitrogen and oxygen atoms in total. The van der Waals surface area contributed by atoms with Crippen LogP contribution in [0.2, 0.25) is 0 Å². The van der Waals surface area contributed by atoms with Gasteiger partial charge in [-0.3, -0.25) is 4.99 Å². The van der Waals surface area contributed by atoms with Gasteiger partial charge in [-0.05, 0) is 12.5 Å². The van der Waals surface area contributed by atoms with Gasteiger partial charge in [-0.1, -0.05) is 29.8 Å². The molecule has 0 saturated heterocycles. The summed E-state index contributed by atoms with van der Waals surface area (Å²) in [7, 11) is 0. The molecule has 0 heterocycles. The molecule has 13 heavy (non-hydrogen) atoms. The topological polar surface area (TPSA) is 36.1 Å². The molecule has 1 aromatic rings. The van der Waals surface area contributed by atoms with E-state index < -0.39 is 0 Å². The van der Waals surface area contributed by atoms with Gasteiger partial charge in [-0.15, -0.1) is 0 Å². The van der Waals surface area contributed by atoms with E-state index in [0.717, 1.165) is 5.56 Å². The van der Waals surface area contributed by atoms with Crippen LogP contribution < -0.4 is 0 Å². The Balaban J connectivity index is 2.50. The Labute approximate surface area is 78.5 Å². The van der Waals surface area contributed by atoms with Crippen molar-refractivity contribution in [2.45, 2.75) is 13.3 Å². The van der Waals surface area contributed by atoms with Crippen molar-refractivity contribution in [3.8, 4) is 6.07 Å². The zero-order chi connectivity index (χ0) is 9.52. The van der Waals surface area contributed by atoms with E-state index in [-0.39, 0.29) is 0 Å². The third-order valence-electron chi connectivity index (χ3n) is 1.67. The van der Waals surface area contributed by atoms with E-state index >= 15 is 0 Å². The van der Waals surface area contributed by atoms with Crippen LogP contribution in [0.25, 0.3) is 0 Å². The standard InChI is InChI=1S/C11H12N2/c1-10-3-5-11(6-4-10)9-13-8-2-7-12/h3-6,9H,2,8H2,1H3. The molecule has 0 aliphatic rings. The van der Waals surface area contributed by atoms with Crippen molar-refractivity contribution in [2.24, 2.45) is 4.99 Å². The number of nitriles is 1. The lowest BCUT2D eigenvalue weighted by Crippen LogP contribution is -1.83. The van der Waals surface area contributed by atoms with Gasteiger partial charge in [-0.2, -0.15) is 5.26 Å². The molecule has 66 valence electrons. The van der Waals surface area contributed by atoms with Gasteiger partial charge in [0.05, 0.1) is 19.0 Å². The van der Waals surface area contributed by atoms with E-state index in [1.807, 2.05) is 30.3 Å². The van der Waals surface area contributed by atoms with Crippen LogP contribution in [0.1, 0.15) is 17.5 Å². The predicted molar refractivity (Wildman–Crippen MR) is 53.9 cm³/mol. The van der Waals surface area contributed by atoms with E-state index in [9.17, 15) is 0 Å². The molecule has 0 atom stereocenters. The summed E-state index contributed by atoms with van der Waals surface area (Å²) in [5, 5.41) is 8.28. The second kappa shape index (κ2) is 5.10. The van der Waals surface area contributed by atoms with Crippen LogP contribution in [0.3, 0.4) is 0 Å². The highest BCUT2D eigenvalue weighted by Crippen LogP contribution is 2.00. The highest BCUT2D eigenvalue weighted by Gasteiger charge is 1.86. The molecule has 1 aromatic carbocycles. The number of hydrogen-bond donors (Lipinski definition) is 0. The average Bonchev–Trinajstić information content (AvgIpc) is 2.15. The molecule has 2 heteroatoms. The van der Waals surface area contributed by atoms with Crippen LogP contribution in [0, 0.1) is 18.3 Å². The summed E-state index contributed by atoms with van der Waals surface area (Å²) in [6.45, 7) is 2.64. The molecule has 0 saturated carbocycles. The van der Waals surface area contributed by atoms with E-state index in [4.69, 9.17) is 5.26 Å². The monoisotopic (exact) mass is 172 g/mol. The van der Waals surface area contributed by atoms with Crippen molar-refractivity contribution < 1.29 is 0 Å². The average molecular weight is 172 g/mol. The van der Waals surface area contributed by atoms with Crippen LogP contribution in [0.15, 0.2) is 29.3 Å². The number of nitrogens with zero attached hydrogens (tertiary/aromatic N) is 2. The Bertz CT molecular complexity index is 317. The summed E-state index contributed by atoms with van der Waals surface area (Å²) in [6, 6.07) is 10.2. The molecule has 0 unspecified atom stereocenters. The van der Waals surface area contributed by atoms with Crippen LogP contribution in [-0.4, -0.2) is 12.8 Å². The van der Waals surface area contributed by atoms with Crippen molar-refractivity contribution in [3.05, 3.63) is 35.4 Å². The maximum absolute atomic E-state index is 8.28. The Morgan fingerprint density at radius 2 is 2.08 bits per heavy atom. The lowest BCUT2D eigenvalue weighted by molar-refractivity contribution is 1.02. The molecule has 0 fully saturated rings. The summed E-state index contributed by atoms with van der Waals surface area (Å²) in [5.41, 5.74) is 2.33. The SMILES string of the molecule is Cc1ccc(C=NCCC#N)cc1. The molecule has 1 rings (SSSR count).